The lowest BCUT2D eigenvalue weighted by Crippen LogP contribution is -2.12. The molecule has 1 amide bonds. The van der Waals surface area contributed by atoms with E-state index in [1.54, 1.807) is 6.07 Å². The molecule has 2 aromatic heterocycles. The summed E-state index contributed by atoms with van der Waals surface area (Å²) in [6.07, 6.45) is 0. The third-order valence-corrected chi connectivity index (χ3v) is 4.30. The minimum absolute atomic E-state index is 0.135. The van der Waals surface area contributed by atoms with E-state index in [1.165, 1.54) is 11.3 Å². The van der Waals surface area contributed by atoms with Crippen molar-refractivity contribution in [2.45, 2.75) is 40.7 Å². The summed E-state index contributed by atoms with van der Waals surface area (Å²) >= 11 is 1.40. The predicted octanol–water partition coefficient (Wildman–Crippen LogP) is 3.29. The number of rotatable bonds is 3. The highest BCUT2D eigenvalue weighted by Crippen LogP contribution is 2.27. The summed E-state index contributed by atoms with van der Waals surface area (Å²) in [5.41, 5.74) is 9.02. The summed E-state index contributed by atoms with van der Waals surface area (Å²) in [5, 5.41) is 7.40. The molecular formula is C14H20N4OS. The number of anilines is 2. The Kier molecular flexibility index (Phi) is 3.85. The molecule has 5 nitrogen and oxygen atoms in total. The van der Waals surface area contributed by atoms with E-state index in [4.69, 9.17) is 5.73 Å². The minimum atomic E-state index is -0.135. The molecule has 0 radical (unpaired) electrons. The van der Waals surface area contributed by atoms with Crippen molar-refractivity contribution in [2.75, 3.05) is 11.1 Å². The largest absolute Gasteiger partial charge is 0.398 e. The summed E-state index contributed by atoms with van der Waals surface area (Å²) in [6.45, 7) is 9.89. The quantitative estimate of drug-likeness (QED) is 0.911. The second-order valence-electron chi connectivity index (χ2n) is 5.16. The zero-order valence-corrected chi connectivity index (χ0v) is 13.3. The van der Waals surface area contributed by atoms with E-state index in [0.717, 1.165) is 22.0 Å². The molecule has 6 heteroatoms. The second-order valence-corrected chi connectivity index (χ2v) is 6.42. The van der Waals surface area contributed by atoms with Gasteiger partial charge in [0.25, 0.3) is 5.91 Å². The fourth-order valence-corrected chi connectivity index (χ4v) is 2.97. The van der Waals surface area contributed by atoms with Gasteiger partial charge in [-0.2, -0.15) is 5.10 Å². The van der Waals surface area contributed by atoms with Crippen molar-refractivity contribution in [2.24, 2.45) is 0 Å². The van der Waals surface area contributed by atoms with Crippen LogP contribution in [0.3, 0.4) is 0 Å². The maximum Gasteiger partial charge on any atom is 0.265 e. The van der Waals surface area contributed by atoms with Crippen molar-refractivity contribution >= 4 is 28.6 Å². The van der Waals surface area contributed by atoms with Crippen LogP contribution in [0.25, 0.3) is 0 Å². The fourth-order valence-electron chi connectivity index (χ4n) is 2.13. The number of amides is 1. The molecule has 2 aromatic rings. The van der Waals surface area contributed by atoms with Crippen molar-refractivity contribution in [3.05, 3.63) is 27.2 Å². The van der Waals surface area contributed by atoms with Crippen LogP contribution in [0, 0.1) is 20.8 Å². The van der Waals surface area contributed by atoms with Gasteiger partial charge in [0.1, 0.15) is 0 Å². The van der Waals surface area contributed by atoms with Crippen molar-refractivity contribution in [3.8, 4) is 0 Å². The lowest BCUT2D eigenvalue weighted by atomic mass is 10.3. The predicted molar refractivity (Wildman–Crippen MR) is 83.5 cm³/mol. The van der Waals surface area contributed by atoms with Crippen LogP contribution in [0.5, 0.6) is 0 Å². The van der Waals surface area contributed by atoms with Gasteiger partial charge in [-0.1, -0.05) is 0 Å². The molecule has 0 aliphatic heterocycles. The number of nitrogens with one attached hydrogen (secondary N) is 1. The lowest BCUT2D eigenvalue weighted by molar-refractivity contribution is 0.103. The SMILES string of the molecule is Cc1nn(C(C)C)c(C)c1NC(=O)c1cc(N)c(C)s1. The molecule has 0 saturated heterocycles. The average molecular weight is 292 g/mol. The zero-order chi connectivity index (χ0) is 15.0. The normalized spacial score (nSPS) is 11.1. The number of nitrogen functional groups attached to an aromatic ring is 1. The Morgan fingerprint density at radius 1 is 1.40 bits per heavy atom. The van der Waals surface area contributed by atoms with Gasteiger partial charge >= 0.3 is 0 Å². The van der Waals surface area contributed by atoms with Crippen LogP contribution >= 0.6 is 11.3 Å². The number of thiophene rings is 1. The number of carbonyl (C=O) groups is 1. The minimum Gasteiger partial charge on any atom is -0.398 e. The van der Waals surface area contributed by atoms with Gasteiger partial charge in [-0.3, -0.25) is 9.48 Å². The highest BCUT2D eigenvalue weighted by molar-refractivity contribution is 7.14. The second kappa shape index (κ2) is 5.28. The Morgan fingerprint density at radius 3 is 2.50 bits per heavy atom. The summed E-state index contributed by atoms with van der Waals surface area (Å²) in [5.74, 6) is -0.135. The van der Waals surface area contributed by atoms with Gasteiger partial charge in [-0.15, -0.1) is 11.3 Å². The van der Waals surface area contributed by atoms with Gasteiger partial charge in [-0.05, 0) is 40.7 Å². The van der Waals surface area contributed by atoms with Crippen LogP contribution in [0.4, 0.5) is 11.4 Å². The summed E-state index contributed by atoms with van der Waals surface area (Å²) < 4.78 is 1.92. The highest BCUT2D eigenvalue weighted by Gasteiger charge is 2.18. The van der Waals surface area contributed by atoms with Crippen molar-refractivity contribution in [1.82, 2.24) is 9.78 Å². The standard InChI is InChI=1S/C14H20N4OS/c1-7(2)18-9(4)13(8(3)17-18)16-14(19)12-6-11(15)10(5)20-12/h6-7H,15H2,1-5H3,(H,16,19). The first-order valence-electron chi connectivity index (χ1n) is 6.54. The van der Waals surface area contributed by atoms with E-state index in [9.17, 15) is 4.79 Å². The van der Waals surface area contributed by atoms with Gasteiger partial charge in [0, 0.05) is 16.6 Å². The van der Waals surface area contributed by atoms with E-state index in [2.05, 4.69) is 24.3 Å². The smallest absolute Gasteiger partial charge is 0.265 e. The first kappa shape index (κ1) is 14.6. The summed E-state index contributed by atoms with van der Waals surface area (Å²) in [4.78, 5) is 13.9. The third kappa shape index (κ3) is 2.56. The molecule has 0 atom stereocenters. The van der Waals surface area contributed by atoms with Gasteiger partial charge < -0.3 is 11.1 Å². The number of hydrogen-bond acceptors (Lipinski definition) is 4. The maximum atomic E-state index is 12.3. The van der Waals surface area contributed by atoms with E-state index < -0.39 is 0 Å². The van der Waals surface area contributed by atoms with E-state index in [-0.39, 0.29) is 11.9 Å². The van der Waals surface area contributed by atoms with Crippen molar-refractivity contribution < 1.29 is 4.79 Å². The molecule has 0 spiro atoms. The van der Waals surface area contributed by atoms with E-state index in [1.807, 2.05) is 25.5 Å². The Bertz CT molecular complexity index is 635. The van der Waals surface area contributed by atoms with Crippen LogP contribution < -0.4 is 11.1 Å². The molecule has 3 N–H and O–H groups in total. The van der Waals surface area contributed by atoms with Gasteiger partial charge in [0.2, 0.25) is 0 Å². The molecule has 2 heterocycles. The topological polar surface area (TPSA) is 72.9 Å². The number of aryl methyl sites for hydroxylation is 2. The Balaban J connectivity index is 2.28. The molecule has 2 rings (SSSR count). The highest BCUT2D eigenvalue weighted by atomic mass is 32.1. The molecular weight excluding hydrogens is 272 g/mol. The zero-order valence-electron chi connectivity index (χ0n) is 12.4. The Morgan fingerprint density at radius 2 is 2.05 bits per heavy atom. The van der Waals surface area contributed by atoms with Crippen LogP contribution in [0.2, 0.25) is 0 Å². The summed E-state index contributed by atoms with van der Waals surface area (Å²) in [7, 11) is 0. The van der Waals surface area contributed by atoms with Gasteiger partial charge in [0.05, 0.1) is 22.0 Å². The number of aromatic nitrogens is 2. The molecule has 0 bridgehead atoms. The number of nitrogens with zero attached hydrogens (tertiary/aromatic N) is 2. The number of hydrogen-bond donors (Lipinski definition) is 2. The number of nitrogens with two attached hydrogens (primary N) is 1. The van der Waals surface area contributed by atoms with Crippen molar-refractivity contribution in [3.63, 3.8) is 0 Å². The van der Waals surface area contributed by atoms with E-state index >= 15 is 0 Å². The van der Waals surface area contributed by atoms with Gasteiger partial charge in [0.15, 0.2) is 0 Å². The van der Waals surface area contributed by atoms with Gasteiger partial charge in [-0.25, -0.2) is 0 Å². The molecule has 0 aliphatic rings. The van der Waals surface area contributed by atoms with Crippen LogP contribution in [0.15, 0.2) is 6.07 Å². The average Bonchev–Trinajstić information content (AvgIpc) is 2.84. The molecule has 0 saturated carbocycles. The lowest BCUT2D eigenvalue weighted by Gasteiger charge is -2.09. The summed E-state index contributed by atoms with van der Waals surface area (Å²) in [6, 6.07) is 1.98. The maximum absolute atomic E-state index is 12.3. The van der Waals surface area contributed by atoms with Crippen LogP contribution in [-0.2, 0) is 0 Å². The van der Waals surface area contributed by atoms with E-state index in [0.29, 0.717) is 10.6 Å². The van der Waals surface area contributed by atoms with Crippen LogP contribution in [-0.4, -0.2) is 15.7 Å². The third-order valence-electron chi connectivity index (χ3n) is 3.23. The first-order valence-corrected chi connectivity index (χ1v) is 7.36. The molecule has 0 fully saturated rings. The Hall–Kier alpha value is -1.82. The molecule has 0 aliphatic carbocycles. The first-order chi connectivity index (χ1) is 9.31. The molecule has 108 valence electrons. The fraction of sp³-hybridized carbons (Fsp3) is 0.429. The molecule has 0 unspecified atom stereocenters. The molecule has 20 heavy (non-hydrogen) atoms. The van der Waals surface area contributed by atoms with Crippen LogP contribution in [0.1, 0.15) is 45.8 Å². The molecule has 0 aromatic carbocycles. The monoisotopic (exact) mass is 292 g/mol. The Labute approximate surface area is 122 Å². The van der Waals surface area contributed by atoms with Crippen molar-refractivity contribution in [1.29, 1.82) is 0 Å². The number of carbonyl (C=O) groups excluding carboxylic acids is 1.